The standard InChI is InChI=1S/C19H17ClN4O/c1-13-6-2-5-9-16(13)24-19(25)17-11-23-18(12-21-17)22-10-14-7-3-4-8-15(14)20/h2-9,11-12H,10H2,1H3,(H,22,23)(H,24,25). The van der Waals surface area contributed by atoms with Crippen LogP contribution in [0.5, 0.6) is 0 Å². The molecule has 3 aromatic rings. The number of para-hydroxylation sites is 1. The lowest BCUT2D eigenvalue weighted by molar-refractivity contribution is 0.102. The first kappa shape index (κ1) is 16.9. The smallest absolute Gasteiger partial charge is 0.275 e. The average Bonchev–Trinajstić information content (AvgIpc) is 2.63. The molecule has 2 aromatic carbocycles. The number of amides is 1. The summed E-state index contributed by atoms with van der Waals surface area (Å²) in [6, 6.07) is 15.2. The van der Waals surface area contributed by atoms with E-state index in [1.807, 2.05) is 55.5 Å². The zero-order chi connectivity index (χ0) is 17.6. The topological polar surface area (TPSA) is 66.9 Å². The minimum Gasteiger partial charge on any atom is -0.365 e. The molecule has 5 nitrogen and oxygen atoms in total. The lowest BCUT2D eigenvalue weighted by Crippen LogP contribution is -2.15. The molecule has 0 saturated heterocycles. The van der Waals surface area contributed by atoms with Gasteiger partial charge in [0.25, 0.3) is 5.91 Å². The Hall–Kier alpha value is -2.92. The van der Waals surface area contributed by atoms with Crippen LogP contribution in [0, 0.1) is 6.92 Å². The van der Waals surface area contributed by atoms with Gasteiger partial charge in [-0.05, 0) is 30.2 Å². The van der Waals surface area contributed by atoms with Gasteiger partial charge >= 0.3 is 0 Å². The molecule has 2 N–H and O–H groups in total. The van der Waals surface area contributed by atoms with Gasteiger partial charge in [-0.15, -0.1) is 0 Å². The molecule has 0 aliphatic carbocycles. The summed E-state index contributed by atoms with van der Waals surface area (Å²) in [5.74, 6) is 0.284. The number of nitrogens with zero attached hydrogens (tertiary/aromatic N) is 2. The molecule has 0 spiro atoms. The van der Waals surface area contributed by atoms with E-state index >= 15 is 0 Å². The van der Waals surface area contributed by atoms with Crippen molar-refractivity contribution >= 4 is 29.0 Å². The number of benzene rings is 2. The Labute approximate surface area is 151 Å². The van der Waals surface area contributed by atoms with Gasteiger partial charge in [-0.3, -0.25) is 4.79 Å². The maximum Gasteiger partial charge on any atom is 0.275 e. The summed E-state index contributed by atoms with van der Waals surface area (Å²) in [6.07, 6.45) is 2.98. The number of aromatic nitrogens is 2. The van der Waals surface area contributed by atoms with Crippen molar-refractivity contribution in [1.82, 2.24) is 9.97 Å². The van der Waals surface area contributed by atoms with Crippen LogP contribution >= 0.6 is 11.6 Å². The highest BCUT2D eigenvalue weighted by molar-refractivity contribution is 6.31. The SMILES string of the molecule is Cc1ccccc1NC(=O)c1cnc(NCc2ccccc2Cl)cn1. The monoisotopic (exact) mass is 352 g/mol. The van der Waals surface area contributed by atoms with Crippen LogP contribution in [-0.4, -0.2) is 15.9 Å². The maximum absolute atomic E-state index is 12.3. The van der Waals surface area contributed by atoms with Crippen LogP contribution in [0.4, 0.5) is 11.5 Å². The summed E-state index contributed by atoms with van der Waals surface area (Å²) < 4.78 is 0. The predicted molar refractivity (Wildman–Crippen MR) is 99.9 cm³/mol. The molecular weight excluding hydrogens is 336 g/mol. The van der Waals surface area contributed by atoms with Crippen LogP contribution in [0.2, 0.25) is 5.02 Å². The fourth-order valence-corrected chi connectivity index (χ4v) is 2.47. The van der Waals surface area contributed by atoms with Gasteiger partial charge in [0.2, 0.25) is 0 Å². The molecule has 0 unspecified atom stereocenters. The molecule has 3 rings (SSSR count). The van der Waals surface area contributed by atoms with Gasteiger partial charge in [0, 0.05) is 17.3 Å². The Bertz CT molecular complexity index is 881. The molecule has 25 heavy (non-hydrogen) atoms. The van der Waals surface area contributed by atoms with Crippen LogP contribution in [0.3, 0.4) is 0 Å². The third-order valence-electron chi connectivity index (χ3n) is 3.70. The number of anilines is 2. The van der Waals surface area contributed by atoms with Crippen LogP contribution in [0.25, 0.3) is 0 Å². The van der Waals surface area contributed by atoms with Crippen LogP contribution < -0.4 is 10.6 Å². The van der Waals surface area contributed by atoms with E-state index in [0.29, 0.717) is 17.4 Å². The first-order chi connectivity index (χ1) is 12.1. The van der Waals surface area contributed by atoms with E-state index in [-0.39, 0.29) is 11.6 Å². The number of rotatable bonds is 5. The van der Waals surface area contributed by atoms with Crippen molar-refractivity contribution in [3.63, 3.8) is 0 Å². The zero-order valence-corrected chi connectivity index (χ0v) is 14.4. The predicted octanol–water partition coefficient (Wildman–Crippen LogP) is 4.30. The molecule has 126 valence electrons. The van der Waals surface area contributed by atoms with Gasteiger partial charge in [0.15, 0.2) is 0 Å². The van der Waals surface area contributed by atoms with Crippen molar-refractivity contribution in [2.75, 3.05) is 10.6 Å². The summed E-state index contributed by atoms with van der Waals surface area (Å²) in [5.41, 5.74) is 2.97. The molecule has 0 bridgehead atoms. The van der Waals surface area contributed by atoms with Gasteiger partial charge in [-0.25, -0.2) is 9.97 Å². The summed E-state index contributed by atoms with van der Waals surface area (Å²) >= 11 is 6.12. The Kier molecular flexibility index (Phi) is 5.26. The average molecular weight is 353 g/mol. The molecule has 0 radical (unpaired) electrons. The molecular formula is C19H17ClN4O. The van der Waals surface area contributed by atoms with Gasteiger partial charge < -0.3 is 10.6 Å². The molecule has 0 atom stereocenters. The van der Waals surface area contributed by atoms with E-state index in [0.717, 1.165) is 16.8 Å². The van der Waals surface area contributed by atoms with E-state index < -0.39 is 0 Å². The second-order valence-electron chi connectivity index (χ2n) is 5.50. The van der Waals surface area contributed by atoms with Crippen molar-refractivity contribution in [1.29, 1.82) is 0 Å². The summed E-state index contributed by atoms with van der Waals surface area (Å²) in [5, 5.41) is 6.66. The van der Waals surface area contributed by atoms with Crippen LogP contribution in [-0.2, 0) is 6.54 Å². The lowest BCUT2D eigenvalue weighted by atomic mass is 10.2. The fourth-order valence-electron chi connectivity index (χ4n) is 2.26. The van der Waals surface area contributed by atoms with E-state index in [2.05, 4.69) is 20.6 Å². The minimum absolute atomic E-state index is 0.256. The quantitative estimate of drug-likeness (QED) is 0.718. The summed E-state index contributed by atoms with van der Waals surface area (Å²) in [4.78, 5) is 20.7. The number of hydrogen-bond acceptors (Lipinski definition) is 4. The van der Waals surface area contributed by atoms with Crippen molar-refractivity contribution in [3.05, 3.63) is 82.8 Å². The third kappa shape index (κ3) is 4.33. The second kappa shape index (κ2) is 7.77. The Morgan fingerprint density at radius 3 is 2.52 bits per heavy atom. The van der Waals surface area contributed by atoms with E-state index in [1.165, 1.54) is 12.4 Å². The highest BCUT2D eigenvalue weighted by Crippen LogP contribution is 2.17. The molecule has 1 amide bonds. The molecule has 1 heterocycles. The van der Waals surface area contributed by atoms with E-state index in [4.69, 9.17) is 11.6 Å². The number of nitrogens with one attached hydrogen (secondary N) is 2. The highest BCUT2D eigenvalue weighted by Gasteiger charge is 2.09. The van der Waals surface area contributed by atoms with Crippen LogP contribution in [0.1, 0.15) is 21.6 Å². The number of carbonyl (C=O) groups excluding carboxylic acids is 1. The van der Waals surface area contributed by atoms with E-state index in [9.17, 15) is 4.79 Å². The molecule has 0 fully saturated rings. The summed E-state index contributed by atoms with van der Waals surface area (Å²) in [6.45, 7) is 2.46. The first-order valence-electron chi connectivity index (χ1n) is 7.80. The van der Waals surface area contributed by atoms with E-state index in [1.54, 1.807) is 0 Å². The van der Waals surface area contributed by atoms with Crippen LogP contribution in [0.15, 0.2) is 60.9 Å². The second-order valence-corrected chi connectivity index (χ2v) is 5.91. The zero-order valence-electron chi connectivity index (χ0n) is 13.7. The largest absolute Gasteiger partial charge is 0.365 e. The van der Waals surface area contributed by atoms with Gasteiger partial charge in [-0.2, -0.15) is 0 Å². The van der Waals surface area contributed by atoms with Crippen molar-refractivity contribution in [2.24, 2.45) is 0 Å². The molecule has 0 aliphatic rings. The van der Waals surface area contributed by atoms with Crippen molar-refractivity contribution < 1.29 is 4.79 Å². The van der Waals surface area contributed by atoms with Gasteiger partial charge in [-0.1, -0.05) is 48.0 Å². The number of hydrogen-bond donors (Lipinski definition) is 2. The minimum atomic E-state index is -0.292. The number of halogens is 1. The molecule has 1 aromatic heterocycles. The number of carbonyl (C=O) groups is 1. The molecule has 0 aliphatic heterocycles. The Balaban J connectivity index is 1.63. The van der Waals surface area contributed by atoms with Gasteiger partial charge in [0.05, 0.1) is 12.4 Å². The maximum atomic E-state index is 12.3. The molecule has 0 saturated carbocycles. The fraction of sp³-hybridized carbons (Fsp3) is 0.105. The Morgan fingerprint density at radius 1 is 1.04 bits per heavy atom. The summed E-state index contributed by atoms with van der Waals surface area (Å²) in [7, 11) is 0. The Morgan fingerprint density at radius 2 is 1.80 bits per heavy atom. The van der Waals surface area contributed by atoms with Gasteiger partial charge in [0.1, 0.15) is 11.5 Å². The van der Waals surface area contributed by atoms with Crippen molar-refractivity contribution in [2.45, 2.75) is 13.5 Å². The first-order valence-corrected chi connectivity index (χ1v) is 8.17. The lowest BCUT2D eigenvalue weighted by Gasteiger charge is -2.09. The number of aryl methyl sites for hydroxylation is 1. The molecule has 6 heteroatoms. The highest BCUT2D eigenvalue weighted by atomic mass is 35.5. The normalized spacial score (nSPS) is 10.3. The van der Waals surface area contributed by atoms with Crippen molar-refractivity contribution in [3.8, 4) is 0 Å². The third-order valence-corrected chi connectivity index (χ3v) is 4.06.